The van der Waals surface area contributed by atoms with Crippen molar-refractivity contribution in [2.24, 2.45) is 0 Å². The van der Waals surface area contributed by atoms with Gasteiger partial charge in [-0.25, -0.2) is 13.4 Å². The summed E-state index contributed by atoms with van der Waals surface area (Å²) in [6.45, 7) is 1.47. The highest BCUT2D eigenvalue weighted by atomic mass is 32.2. The van der Waals surface area contributed by atoms with Crippen LogP contribution in [0, 0.1) is 0 Å². The zero-order valence-corrected chi connectivity index (χ0v) is 20.0. The van der Waals surface area contributed by atoms with Crippen molar-refractivity contribution in [2.45, 2.75) is 42.1 Å². The third-order valence-electron chi connectivity index (χ3n) is 5.20. The van der Waals surface area contributed by atoms with E-state index >= 15 is 0 Å². The minimum Gasteiger partial charge on any atom is -0.493 e. The van der Waals surface area contributed by atoms with Gasteiger partial charge in [0.25, 0.3) is 0 Å². The molecule has 1 N–H and O–H groups in total. The van der Waals surface area contributed by atoms with Crippen LogP contribution in [0.2, 0.25) is 0 Å². The summed E-state index contributed by atoms with van der Waals surface area (Å²) in [5, 5.41) is 3.45. The van der Waals surface area contributed by atoms with E-state index in [2.05, 4.69) is 10.3 Å². The maximum atomic E-state index is 12.8. The molecule has 0 saturated carbocycles. The lowest BCUT2D eigenvalue weighted by atomic mass is 10.2. The van der Waals surface area contributed by atoms with Crippen LogP contribution < -0.4 is 14.8 Å². The van der Waals surface area contributed by atoms with E-state index in [0.717, 1.165) is 31.2 Å². The van der Waals surface area contributed by atoms with Gasteiger partial charge < -0.3 is 14.8 Å². The molecule has 1 fully saturated rings. The number of sulfonamides is 1. The van der Waals surface area contributed by atoms with Crippen molar-refractivity contribution in [3.63, 3.8) is 0 Å². The Hall–Kier alpha value is -2.30. The number of amides is 1. The number of methoxy groups -OCH3 is 2. The summed E-state index contributed by atoms with van der Waals surface area (Å²) in [7, 11) is -0.386. The molecular formula is C22H29N3O5S2. The molecule has 1 aliphatic heterocycles. The molecule has 1 aromatic carbocycles. The molecule has 0 aliphatic carbocycles. The Bertz CT molecular complexity index is 1000. The van der Waals surface area contributed by atoms with E-state index in [1.807, 2.05) is 12.1 Å². The molecule has 1 aromatic heterocycles. The average molecular weight is 480 g/mol. The summed E-state index contributed by atoms with van der Waals surface area (Å²) >= 11 is 1.26. The number of ether oxygens (including phenoxy) is 2. The van der Waals surface area contributed by atoms with Crippen molar-refractivity contribution < 1.29 is 22.7 Å². The van der Waals surface area contributed by atoms with Gasteiger partial charge in [-0.1, -0.05) is 30.7 Å². The zero-order valence-electron chi connectivity index (χ0n) is 18.4. The number of pyridine rings is 1. The summed E-state index contributed by atoms with van der Waals surface area (Å²) in [5.74, 6) is 1.27. The Morgan fingerprint density at radius 1 is 1.06 bits per heavy atom. The van der Waals surface area contributed by atoms with Gasteiger partial charge in [-0.05, 0) is 42.7 Å². The second-order valence-corrected chi connectivity index (χ2v) is 10.3. The number of benzene rings is 1. The van der Waals surface area contributed by atoms with Crippen LogP contribution in [0.5, 0.6) is 11.5 Å². The molecule has 0 spiro atoms. The molecule has 1 saturated heterocycles. The van der Waals surface area contributed by atoms with Crippen molar-refractivity contribution in [2.75, 3.05) is 33.1 Å². The predicted octanol–water partition coefficient (Wildman–Crippen LogP) is 3.07. The molecule has 2 aromatic rings. The van der Waals surface area contributed by atoms with Gasteiger partial charge in [0, 0.05) is 25.8 Å². The maximum Gasteiger partial charge on any atom is 0.244 e. The quantitative estimate of drug-likeness (QED) is 0.552. The molecule has 1 amide bonds. The molecule has 1 aliphatic rings. The fourth-order valence-corrected chi connectivity index (χ4v) is 5.55. The summed E-state index contributed by atoms with van der Waals surface area (Å²) in [6.07, 6.45) is 5.28. The Morgan fingerprint density at radius 3 is 2.41 bits per heavy atom. The topological polar surface area (TPSA) is 97.8 Å². The van der Waals surface area contributed by atoms with Gasteiger partial charge in [0.2, 0.25) is 15.9 Å². The normalized spacial score (nSPS) is 15.1. The first-order chi connectivity index (χ1) is 15.4. The van der Waals surface area contributed by atoms with E-state index in [0.29, 0.717) is 36.2 Å². The maximum absolute atomic E-state index is 12.8. The number of nitrogens with zero attached hydrogens (tertiary/aromatic N) is 2. The lowest BCUT2D eigenvalue weighted by molar-refractivity contribution is -0.118. The van der Waals surface area contributed by atoms with Gasteiger partial charge >= 0.3 is 0 Å². The highest BCUT2D eigenvalue weighted by Crippen LogP contribution is 2.27. The molecule has 3 rings (SSSR count). The summed E-state index contributed by atoms with van der Waals surface area (Å²) in [5.41, 5.74) is 0.891. The second kappa shape index (κ2) is 11.5. The van der Waals surface area contributed by atoms with Crippen LogP contribution in [0.15, 0.2) is 46.5 Å². The van der Waals surface area contributed by atoms with E-state index in [-0.39, 0.29) is 16.6 Å². The number of hydrogen-bond acceptors (Lipinski definition) is 7. The number of carbonyl (C=O) groups is 1. The highest BCUT2D eigenvalue weighted by Gasteiger charge is 2.25. The van der Waals surface area contributed by atoms with E-state index in [1.54, 1.807) is 36.7 Å². The van der Waals surface area contributed by atoms with Crippen LogP contribution in [-0.4, -0.2) is 56.7 Å². The molecule has 2 heterocycles. The summed E-state index contributed by atoms with van der Waals surface area (Å²) < 4.78 is 37.7. The third-order valence-corrected chi connectivity index (χ3v) is 8.03. The van der Waals surface area contributed by atoms with E-state index in [9.17, 15) is 13.2 Å². The minimum absolute atomic E-state index is 0.146. The lowest BCUT2D eigenvalue weighted by Gasteiger charge is -2.19. The number of nitrogens with one attached hydrogen (secondary N) is 1. The van der Waals surface area contributed by atoms with Crippen molar-refractivity contribution in [3.8, 4) is 11.5 Å². The first-order valence-corrected chi connectivity index (χ1v) is 12.9. The lowest BCUT2D eigenvalue weighted by Crippen LogP contribution is -2.32. The molecule has 0 bridgehead atoms. The van der Waals surface area contributed by atoms with Crippen LogP contribution in [0.4, 0.5) is 0 Å². The predicted molar refractivity (Wildman–Crippen MR) is 124 cm³/mol. The van der Waals surface area contributed by atoms with Crippen LogP contribution in [0.3, 0.4) is 0 Å². The van der Waals surface area contributed by atoms with Gasteiger partial charge in [0.15, 0.2) is 11.5 Å². The standard InChI is InChI=1S/C22H29N3O5S2/c1-29-19-9-7-17(13-20(19)30-2)14-23-21(26)16-31-22-10-8-18(15-24-22)32(27,28)25-11-5-3-4-6-12-25/h7-10,13,15H,3-6,11-12,14,16H2,1-2H3,(H,23,26). The smallest absolute Gasteiger partial charge is 0.244 e. The number of thioether (sulfide) groups is 1. The monoisotopic (exact) mass is 479 g/mol. The van der Waals surface area contributed by atoms with E-state index in [4.69, 9.17) is 9.47 Å². The fourth-order valence-electron chi connectivity index (χ4n) is 3.42. The number of carbonyl (C=O) groups excluding carboxylic acids is 1. The Morgan fingerprint density at radius 2 is 1.78 bits per heavy atom. The molecular weight excluding hydrogens is 450 g/mol. The zero-order chi connectivity index (χ0) is 23.0. The molecule has 174 valence electrons. The number of hydrogen-bond donors (Lipinski definition) is 1. The SMILES string of the molecule is COc1ccc(CNC(=O)CSc2ccc(S(=O)(=O)N3CCCCCC3)cn2)cc1OC. The first-order valence-electron chi connectivity index (χ1n) is 10.5. The van der Waals surface area contributed by atoms with Crippen molar-refractivity contribution >= 4 is 27.7 Å². The molecule has 0 atom stereocenters. The minimum atomic E-state index is -3.52. The number of rotatable bonds is 9. The van der Waals surface area contributed by atoms with Crippen LogP contribution in [-0.2, 0) is 21.4 Å². The average Bonchev–Trinajstić information content (AvgIpc) is 3.11. The molecule has 8 nitrogen and oxygen atoms in total. The van der Waals surface area contributed by atoms with Crippen LogP contribution in [0.1, 0.15) is 31.2 Å². The Kier molecular flexibility index (Phi) is 8.77. The van der Waals surface area contributed by atoms with Gasteiger partial charge in [-0.2, -0.15) is 4.31 Å². The molecule has 0 unspecified atom stereocenters. The van der Waals surface area contributed by atoms with Crippen molar-refractivity contribution in [1.29, 1.82) is 0 Å². The summed E-state index contributed by atoms with van der Waals surface area (Å²) in [6, 6.07) is 8.69. The van der Waals surface area contributed by atoms with Crippen LogP contribution >= 0.6 is 11.8 Å². The van der Waals surface area contributed by atoms with Crippen molar-refractivity contribution in [3.05, 3.63) is 42.1 Å². The van der Waals surface area contributed by atoms with Gasteiger partial charge in [0.05, 0.1) is 25.0 Å². The molecule has 10 heteroatoms. The third kappa shape index (κ3) is 6.36. The Labute approximate surface area is 193 Å². The van der Waals surface area contributed by atoms with Gasteiger partial charge in [-0.3, -0.25) is 4.79 Å². The Balaban J connectivity index is 1.51. The van der Waals surface area contributed by atoms with E-state index in [1.165, 1.54) is 18.0 Å². The molecule has 0 radical (unpaired) electrons. The highest BCUT2D eigenvalue weighted by molar-refractivity contribution is 7.99. The van der Waals surface area contributed by atoms with Crippen molar-refractivity contribution in [1.82, 2.24) is 14.6 Å². The first kappa shape index (κ1) is 24.3. The second-order valence-electron chi connectivity index (χ2n) is 7.41. The fraction of sp³-hybridized carbons (Fsp3) is 0.455. The summed E-state index contributed by atoms with van der Waals surface area (Å²) in [4.78, 5) is 16.7. The van der Waals surface area contributed by atoms with Gasteiger partial charge in [0.1, 0.15) is 4.90 Å². The van der Waals surface area contributed by atoms with Gasteiger partial charge in [-0.15, -0.1) is 0 Å². The number of aromatic nitrogens is 1. The molecule has 32 heavy (non-hydrogen) atoms. The van der Waals surface area contributed by atoms with Crippen LogP contribution in [0.25, 0.3) is 0 Å². The largest absolute Gasteiger partial charge is 0.493 e. The van der Waals surface area contributed by atoms with E-state index < -0.39 is 10.0 Å².